The molecule has 3 unspecified atom stereocenters. The number of rotatable bonds is 3. The van der Waals surface area contributed by atoms with Crippen molar-refractivity contribution in [1.82, 2.24) is 0 Å². The molecule has 0 saturated heterocycles. The van der Waals surface area contributed by atoms with Gasteiger partial charge in [0, 0.05) is 0 Å². The van der Waals surface area contributed by atoms with Crippen LogP contribution < -0.4 is 5.73 Å². The van der Waals surface area contributed by atoms with Gasteiger partial charge in [-0.15, -0.1) is 24.0 Å². The fourth-order valence-corrected chi connectivity index (χ4v) is 1.05. The summed E-state index contributed by atoms with van der Waals surface area (Å²) in [4.78, 5) is 0. The van der Waals surface area contributed by atoms with Gasteiger partial charge in [0.2, 0.25) is 0 Å². The third-order valence-corrected chi connectivity index (χ3v) is 2.17. The third kappa shape index (κ3) is 2.81. The number of halogens is 1. The van der Waals surface area contributed by atoms with Crippen LogP contribution >= 0.6 is 24.0 Å². The Balaban J connectivity index is 0. The molecule has 0 aliphatic rings. The summed E-state index contributed by atoms with van der Waals surface area (Å²) < 4.78 is 0. The Hall–Kier alpha value is 0.570. The van der Waals surface area contributed by atoms with Crippen LogP contribution in [-0.4, -0.2) is 39.2 Å². The van der Waals surface area contributed by atoms with Crippen LogP contribution in [0, 0.1) is 0 Å². The van der Waals surface area contributed by atoms with Gasteiger partial charge in [-0.2, -0.15) is 0 Å². The molecule has 0 aromatic rings. The second-order valence-corrected chi connectivity index (χ2v) is 3.03. The van der Waals surface area contributed by atoms with Crippen LogP contribution in [0.1, 0.15) is 20.8 Å². The van der Waals surface area contributed by atoms with Crippen molar-refractivity contribution < 1.29 is 15.3 Å². The normalized spacial score (nSPS) is 23.2. The van der Waals surface area contributed by atoms with Gasteiger partial charge >= 0.3 is 0 Å². The van der Waals surface area contributed by atoms with Crippen molar-refractivity contribution in [2.45, 2.75) is 44.6 Å². The number of aliphatic hydroxyl groups is 3. The second-order valence-electron chi connectivity index (χ2n) is 3.03. The second kappa shape index (κ2) is 5.33. The molecule has 0 spiro atoms. The molecule has 0 aliphatic carbocycles. The minimum absolute atomic E-state index is 0. The first-order valence-electron chi connectivity index (χ1n) is 3.66. The van der Waals surface area contributed by atoms with Gasteiger partial charge in [0.15, 0.2) is 0 Å². The molecule has 3 atom stereocenters. The molecule has 0 aliphatic heterocycles. The lowest BCUT2D eigenvalue weighted by Crippen LogP contribution is -2.64. The number of aliphatic hydroxyl groups excluding tert-OH is 3. The fraction of sp³-hybridized carbons (Fsp3) is 1.00. The van der Waals surface area contributed by atoms with Crippen molar-refractivity contribution in [3.63, 3.8) is 0 Å². The summed E-state index contributed by atoms with van der Waals surface area (Å²) in [5.41, 5.74) is 4.24. The average Bonchev–Trinajstić information content (AvgIpc) is 1.84. The highest BCUT2D eigenvalue weighted by atomic mass is 127. The monoisotopic (exact) mass is 291 g/mol. The standard InChI is InChI=1S/C7H17NO3.HI/c1-4(9)7(8,5(2)10)6(3)11;/h4-6,9-11H,8H2,1-3H3;1H. The molecular weight excluding hydrogens is 273 g/mol. The topological polar surface area (TPSA) is 86.7 Å². The van der Waals surface area contributed by atoms with Crippen molar-refractivity contribution in [3.05, 3.63) is 0 Å². The van der Waals surface area contributed by atoms with Crippen LogP contribution in [-0.2, 0) is 0 Å². The zero-order chi connectivity index (χ0) is 9.23. The maximum Gasteiger partial charge on any atom is 0.0934 e. The molecule has 0 radical (unpaired) electrons. The molecule has 0 saturated carbocycles. The highest BCUT2D eigenvalue weighted by molar-refractivity contribution is 14.0. The van der Waals surface area contributed by atoms with Gasteiger partial charge in [0.25, 0.3) is 0 Å². The molecule has 76 valence electrons. The van der Waals surface area contributed by atoms with Crippen LogP contribution in [0.4, 0.5) is 0 Å². The largest absolute Gasteiger partial charge is 0.391 e. The van der Waals surface area contributed by atoms with E-state index in [0.717, 1.165) is 0 Å². The van der Waals surface area contributed by atoms with Gasteiger partial charge in [0.1, 0.15) is 0 Å². The predicted molar refractivity (Wildman–Crippen MR) is 57.4 cm³/mol. The summed E-state index contributed by atoms with van der Waals surface area (Å²) in [6.45, 7) is 4.33. The summed E-state index contributed by atoms with van der Waals surface area (Å²) >= 11 is 0. The first-order chi connectivity index (χ1) is 4.83. The molecule has 0 aromatic heterocycles. The van der Waals surface area contributed by atoms with Gasteiger partial charge in [-0.25, -0.2) is 0 Å². The smallest absolute Gasteiger partial charge is 0.0934 e. The Bertz CT molecular complexity index is 106. The van der Waals surface area contributed by atoms with E-state index in [1.807, 2.05) is 0 Å². The molecule has 0 rings (SSSR count). The van der Waals surface area contributed by atoms with Crippen LogP contribution in [0.2, 0.25) is 0 Å². The lowest BCUT2D eigenvalue weighted by atomic mass is 9.84. The molecule has 0 bridgehead atoms. The van der Waals surface area contributed by atoms with Crippen LogP contribution in [0.25, 0.3) is 0 Å². The van der Waals surface area contributed by atoms with E-state index in [4.69, 9.17) is 21.1 Å². The molecule has 0 fully saturated rings. The van der Waals surface area contributed by atoms with Crippen molar-refractivity contribution in [1.29, 1.82) is 0 Å². The molecule has 0 heterocycles. The van der Waals surface area contributed by atoms with Crippen molar-refractivity contribution >= 4 is 24.0 Å². The lowest BCUT2D eigenvalue weighted by Gasteiger charge is -2.37. The molecule has 12 heavy (non-hydrogen) atoms. The quantitative estimate of drug-likeness (QED) is 0.525. The van der Waals surface area contributed by atoms with E-state index >= 15 is 0 Å². The Morgan fingerprint density at radius 2 is 1.08 bits per heavy atom. The minimum Gasteiger partial charge on any atom is -0.391 e. The van der Waals surface area contributed by atoms with Crippen molar-refractivity contribution in [2.75, 3.05) is 0 Å². The van der Waals surface area contributed by atoms with E-state index in [1.165, 1.54) is 20.8 Å². The van der Waals surface area contributed by atoms with Gasteiger partial charge in [0.05, 0.1) is 23.9 Å². The molecule has 0 aromatic carbocycles. The SMILES string of the molecule is CC(O)C(N)(C(C)O)C(C)O.I. The Labute approximate surface area is 89.8 Å². The number of hydrogen-bond donors (Lipinski definition) is 4. The summed E-state index contributed by atoms with van der Waals surface area (Å²) in [5.74, 6) is 0. The van der Waals surface area contributed by atoms with E-state index in [-0.39, 0.29) is 24.0 Å². The molecular formula is C7H18INO3. The van der Waals surface area contributed by atoms with Crippen molar-refractivity contribution in [2.24, 2.45) is 5.73 Å². The first kappa shape index (κ1) is 15.1. The Morgan fingerprint density at radius 3 is 1.08 bits per heavy atom. The van der Waals surface area contributed by atoms with Crippen LogP contribution in [0.5, 0.6) is 0 Å². The number of nitrogens with two attached hydrogens (primary N) is 1. The molecule has 4 nitrogen and oxygen atoms in total. The lowest BCUT2D eigenvalue weighted by molar-refractivity contribution is -0.0590. The van der Waals surface area contributed by atoms with Gasteiger partial charge in [-0.3, -0.25) is 0 Å². The average molecular weight is 291 g/mol. The van der Waals surface area contributed by atoms with Gasteiger partial charge in [-0.05, 0) is 20.8 Å². The van der Waals surface area contributed by atoms with E-state index in [0.29, 0.717) is 0 Å². The van der Waals surface area contributed by atoms with Crippen LogP contribution in [0.3, 0.4) is 0 Å². The maximum atomic E-state index is 9.17. The maximum absolute atomic E-state index is 9.17. The van der Waals surface area contributed by atoms with Gasteiger partial charge < -0.3 is 21.1 Å². The predicted octanol–water partition coefficient (Wildman–Crippen LogP) is -0.556. The minimum atomic E-state index is -1.33. The highest BCUT2D eigenvalue weighted by Crippen LogP contribution is 2.17. The molecule has 0 amide bonds. The zero-order valence-corrected chi connectivity index (χ0v) is 9.89. The summed E-state index contributed by atoms with van der Waals surface area (Å²) in [7, 11) is 0. The Kier molecular flexibility index (Phi) is 6.69. The fourth-order valence-electron chi connectivity index (χ4n) is 1.05. The number of hydrogen-bond acceptors (Lipinski definition) is 4. The Morgan fingerprint density at radius 1 is 0.917 bits per heavy atom. The van der Waals surface area contributed by atoms with E-state index in [1.54, 1.807) is 0 Å². The van der Waals surface area contributed by atoms with E-state index < -0.39 is 23.9 Å². The highest BCUT2D eigenvalue weighted by Gasteiger charge is 2.40. The van der Waals surface area contributed by atoms with E-state index in [2.05, 4.69) is 0 Å². The van der Waals surface area contributed by atoms with E-state index in [9.17, 15) is 0 Å². The van der Waals surface area contributed by atoms with Gasteiger partial charge in [-0.1, -0.05) is 0 Å². The van der Waals surface area contributed by atoms with Crippen molar-refractivity contribution in [3.8, 4) is 0 Å². The molecule has 5 heteroatoms. The summed E-state index contributed by atoms with van der Waals surface area (Å²) in [6, 6.07) is 0. The third-order valence-electron chi connectivity index (χ3n) is 2.17. The summed E-state index contributed by atoms with van der Waals surface area (Å²) in [5, 5.41) is 27.5. The summed E-state index contributed by atoms with van der Waals surface area (Å²) in [6.07, 6.45) is -2.83. The van der Waals surface area contributed by atoms with Crippen LogP contribution in [0.15, 0.2) is 0 Å². The zero-order valence-electron chi connectivity index (χ0n) is 7.56. The first-order valence-corrected chi connectivity index (χ1v) is 3.66. The molecule has 5 N–H and O–H groups in total.